The predicted octanol–water partition coefficient (Wildman–Crippen LogP) is 2.48. The first-order valence-corrected chi connectivity index (χ1v) is 8.39. The van der Waals surface area contributed by atoms with Crippen LogP contribution in [-0.4, -0.2) is 53.7 Å². The van der Waals surface area contributed by atoms with Crippen LogP contribution in [0.15, 0.2) is 18.3 Å². The first-order valence-electron chi connectivity index (χ1n) is 8.39. The lowest BCUT2D eigenvalue weighted by molar-refractivity contribution is 0.0696. The molecule has 22 heavy (non-hydrogen) atoms. The van der Waals surface area contributed by atoms with Crippen molar-refractivity contribution in [1.29, 1.82) is 0 Å². The topological polar surface area (TPSA) is 56.7 Å². The molecule has 2 aliphatic rings. The molecule has 1 unspecified atom stereocenters. The standard InChI is InChI=1S/C17H25N3O2/c21-17(22)15-6-7-16(18-11-15)20-10-4-5-14(13-20)12-19-8-2-1-3-9-19/h6-7,11,14H,1-5,8-10,12-13H2,(H,21,22). The van der Waals surface area contributed by atoms with Gasteiger partial charge in [-0.1, -0.05) is 6.42 Å². The van der Waals surface area contributed by atoms with Crippen LogP contribution in [0.25, 0.3) is 0 Å². The van der Waals surface area contributed by atoms with E-state index in [1.165, 1.54) is 57.9 Å². The van der Waals surface area contributed by atoms with E-state index in [0.29, 0.717) is 5.92 Å². The molecule has 0 saturated carbocycles. The molecule has 1 atom stereocenters. The van der Waals surface area contributed by atoms with Crippen LogP contribution in [-0.2, 0) is 0 Å². The summed E-state index contributed by atoms with van der Waals surface area (Å²) in [6.45, 7) is 5.76. The fraction of sp³-hybridized carbons (Fsp3) is 0.647. The van der Waals surface area contributed by atoms with Gasteiger partial charge in [-0.3, -0.25) is 0 Å². The third-order valence-corrected chi connectivity index (χ3v) is 4.80. The molecule has 2 fully saturated rings. The van der Waals surface area contributed by atoms with E-state index in [0.717, 1.165) is 18.9 Å². The Kier molecular flexibility index (Phi) is 4.93. The lowest BCUT2D eigenvalue weighted by atomic mass is 9.96. The van der Waals surface area contributed by atoms with Crippen molar-refractivity contribution in [2.75, 3.05) is 37.6 Å². The number of carboxylic acid groups (broad SMARTS) is 1. The van der Waals surface area contributed by atoms with E-state index < -0.39 is 5.97 Å². The Morgan fingerprint density at radius 2 is 2.00 bits per heavy atom. The zero-order valence-corrected chi connectivity index (χ0v) is 13.1. The summed E-state index contributed by atoms with van der Waals surface area (Å²) in [4.78, 5) is 20.2. The smallest absolute Gasteiger partial charge is 0.337 e. The maximum atomic E-state index is 10.9. The highest BCUT2D eigenvalue weighted by Crippen LogP contribution is 2.23. The molecule has 0 bridgehead atoms. The first kappa shape index (κ1) is 15.3. The van der Waals surface area contributed by atoms with E-state index in [-0.39, 0.29) is 5.56 Å². The molecular formula is C17H25N3O2. The molecule has 2 saturated heterocycles. The van der Waals surface area contributed by atoms with Gasteiger partial charge in [0, 0.05) is 25.8 Å². The van der Waals surface area contributed by atoms with Crippen molar-refractivity contribution >= 4 is 11.8 Å². The molecule has 3 heterocycles. The summed E-state index contributed by atoms with van der Waals surface area (Å²) < 4.78 is 0. The molecule has 2 aliphatic heterocycles. The molecule has 0 amide bonds. The van der Waals surface area contributed by atoms with Crippen molar-refractivity contribution in [1.82, 2.24) is 9.88 Å². The minimum Gasteiger partial charge on any atom is -0.478 e. The maximum Gasteiger partial charge on any atom is 0.337 e. The zero-order chi connectivity index (χ0) is 15.4. The molecule has 1 aromatic heterocycles. The van der Waals surface area contributed by atoms with Gasteiger partial charge in [0.25, 0.3) is 0 Å². The number of pyridine rings is 1. The summed E-state index contributed by atoms with van der Waals surface area (Å²) in [5.74, 6) is 0.696. The van der Waals surface area contributed by atoms with Gasteiger partial charge in [0.2, 0.25) is 0 Å². The molecule has 0 aliphatic carbocycles. The first-order chi connectivity index (χ1) is 10.7. The summed E-state index contributed by atoms with van der Waals surface area (Å²) in [6, 6.07) is 3.49. The molecule has 5 heteroatoms. The second-order valence-electron chi connectivity index (χ2n) is 6.53. The molecular weight excluding hydrogens is 278 g/mol. The van der Waals surface area contributed by atoms with Crippen LogP contribution in [0.3, 0.4) is 0 Å². The minimum atomic E-state index is -0.916. The SMILES string of the molecule is O=C(O)c1ccc(N2CCCC(CN3CCCCC3)C2)nc1. The highest BCUT2D eigenvalue weighted by Gasteiger charge is 2.23. The zero-order valence-electron chi connectivity index (χ0n) is 13.1. The van der Waals surface area contributed by atoms with E-state index in [2.05, 4.69) is 14.8 Å². The fourth-order valence-corrected chi connectivity index (χ4v) is 3.63. The van der Waals surface area contributed by atoms with Gasteiger partial charge in [-0.25, -0.2) is 9.78 Å². The van der Waals surface area contributed by atoms with Crippen LogP contribution in [0.1, 0.15) is 42.5 Å². The monoisotopic (exact) mass is 303 g/mol. The number of anilines is 1. The second-order valence-corrected chi connectivity index (χ2v) is 6.53. The van der Waals surface area contributed by atoms with Crippen LogP contribution in [0.4, 0.5) is 5.82 Å². The number of aromatic carboxylic acids is 1. The average Bonchev–Trinajstić information content (AvgIpc) is 2.56. The molecule has 0 aromatic carbocycles. The van der Waals surface area contributed by atoms with E-state index in [1.807, 2.05) is 6.07 Å². The van der Waals surface area contributed by atoms with Crippen LogP contribution in [0, 0.1) is 5.92 Å². The summed E-state index contributed by atoms with van der Waals surface area (Å²) in [7, 11) is 0. The van der Waals surface area contributed by atoms with E-state index >= 15 is 0 Å². The normalized spacial score (nSPS) is 23.5. The van der Waals surface area contributed by atoms with Gasteiger partial charge in [0.15, 0.2) is 0 Å². The summed E-state index contributed by atoms with van der Waals surface area (Å²) >= 11 is 0. The van der Waals surface area contributed by atoms with Crippen LogP contribution in [0.5, 0.6) is 0 Å². The number of carboxylic acids is 1. The minimum absolute atomic E-state index is 0.255. The number of hydrogen-bond donors (Lipinski definition) is 1. The molecule has 3 rings (SSSR count). The van der Waals surface area contributed by atoms with E-state index in [1.54, 1.807) is 6.07 Å². The number of nitrogens with zero attached hydrogens (tertiary/aromatic N) is 3. The van der Waals surface area contributed by atoms with Crippen LogP contribution < -0.4 is 4.90 Å². The number of hydrogen-bond acceptors (Lipinski definition) is 4. The van der Waals surface area contributed by atoms with Gasteiger partial charge in [-0.15, -0.1) is 0 Å². The Hall–Kier alpha value is -1.62. The maximum absolute atomic E-state index is 10.9. The quantitative estimate of drug-likeness (QED) is 0.926. The third kappa shape index (κ3) is 3.77. The third-order valence-electron chi connectivity index (χ3n) is 4.80. The number of likely N-dealkylation sites (tertiary alicyclic amines) is 1. The largest absolute Gasteiger partial charge is 0.478 e. The number of aromatic nitrogens is 1. The van der Waals surface area contributed by atoms with Crippen LogP contribution >= 0.6 is 0 Å². The molecule has 1 aromatic rings. The Bertz CT molecular complexity index is 497. The van der Waals surface area contributed by atoms with Gasteiger partial charge >= 0.3 is 5.97 Å². The highest BCUT2D eigenvalue weighted by molar-refractivity contribution is 5.87. The lowest BCUT2D eigenvalue weighted by Gasteiger charge is -2.37. The van der Waals surface area contributed by atoms with Crippen molar-refractivity contribution in [3.8, 4) is 0 Å². The van der Waals surface area contributed by atoms with Crippen molar-refractivity contribution in [3.05, 3.63) is 23.9 Å². The summed E-state index contributed by atoms with van der Waals surface area (Å²) in [5.41, 5.74) is 0.255. The van der Waals surface area contributed by atoms with Crippen molar-refractivity contribution in [2.24, 2.45) is 5.92 Å². The summed E-state index contributed by atoms with van der Waals surface area (Å²) in [6.07, 6.45) is 8.02. The summed E-state index contributed by atoms with van der Waals surface area (Å²) in [5, 5.41) is 8.95. The van der Waals surface area contributed by atoms with Gasteiger partial charge in [-0.05, 0) is 56.8 Å². The highest BCUT2D eigenvalue weighted by atomic mass is 16.4. The van der Waals surface area contributed by atoms with E-state index in [4.69, 9.17) is 5.11 Å². The molecule has 0 spiro atoms. The second kappa shape index (κ2) is 7.09. The Morgan fingerprint density at radius 3 is 2.68 bits per heavy atom. The van der Waals surface area contributed by atoms with Crippen molar-refractivity contribution < 1.29 is 9.90 Å². The number of piperidine rings is 2. The lowest BCUT2D eigenvalue weighted by Crippen LogP contribution is -2.42. The number of carbonyl (C=O) groups is 1. The average molecular weight is 303 g/mol. The van der Waals surface area contributed by atoms with Crippen molar-refractivity contribution in [3.63, 3.8) is 0 Å². The van der Waals surface area contributed by atoms with Gasteiger partial charge < -0.3 is 14.9 Å². The van der Waals surface area contributed by atoms with Crippen LogP contribution in [0.2, 0.25) is 0 Å². The Morgan fingerprint density at radius 1 is 1.18 bits per heavy atom. The number of rotatable bonds is 4. The molecule has 5 nitrogen and oxygen atoms in total. The fourth-order valence-electron chi connectivity index (χ4n) is 3.63. The molecule has 1 N–H and O–H groups in total. The molecule has 120 valence electrons. The Balaban J connectivity index is 1.58. The van der Waals surface area contributed by atoms with Gasteiger partial charge in [0.1, 0.15) is 5.82 Å². The predicted molar refractivity (Wildman–Crippen MR) is 86.4 cm³/mol. The van der Waals surface area contributed by atoms with Gasteiger partial charge in [-0.2, -0.15) is 0 Å². The van der Waals surface area contributed by atoms with Gasteiger partial charge in [0.05, 0.1) is 5.56 Å². The van der Waals surface area contributed by atoms with E-state index in [9.17, 15) is 4.79 Å². The molecule has 0 radical (unpaired) electrons. The van der Waals surface area contributed by atoms with Crippen molar-refractivity contribution in [2.45, 2.75) is 32.1 Å². The Labute approximate surface area is 131 Å².